The maximum Gasteiger partial charge on any atom is 0.235 e. The van der Waals surface area contributed by atoms with E-state index in [2.05, 4.69) is 15.3 Å². The van der Waals surface area contributed by atoms with Crippen LogP contribution in [0.5, 0.6) is 5.75 Å². The van der Waals surface area contributed by atoms with Crippen LogP contribution in [0.4, 0.5) is 0 Å². The van der Waals surface area contributed by atoms with Gasteiger partial charge in [-0.1, -0.05) is 47.7 Å². The van der Waals surface area contributed by atoms with Crippen molar-refractivity contribution in [1.29, 1.82) is 0 Å². The fraction of sp³-hybridized carbons (Fsp3) is 0.0500. The van der Waals surface area contributed by atoms with E-state index in [-0.39, 0.29) is 0 Å². The van der Waals surface area contributed by atoms with Crippen molar-refractivity contribution in [3.63, 3.8) is 0 Å². The molecule has 0 fully saturated rings. The lowest BCUT2D eigenvalue weighted by Gasteiger charge is -1.98. The molecule has 6 nitrogen and oxygen atoms in total. The number of benzene rings is 2. The summed E-state index contributed by atoms with van der Waals surface area (Å²) in [6.45, 7) is 0. The standard InChI is InChI=1S/C20H14N4O2S/c1-25-15-9-6-13(7-10-15)8-11-18-23-24-19(21-22-20(24)27-18)17-12-14-4-2-3-5-16(14)26-17/h2-12H,1H3/b11-8-. The lowest BCUT2D eigenvalue weighted by molar-refractivity contribution is 0.415. The molecule has 0 saturated carbocycles. The van der Waals surface area contributed by atoms with Crippen LogP contribution in [0.3, 0.4) is 0 Å². The molecule has 27 heavy (non-hydrogen) atoms. The van der Waals surface area contributed by atoms with E-state index in [0.29, 0.717) is 11.6 Å². The highest BCUT2D eigenvalue weighted by molar-refractivity contribution is 7.17. The zero-order valence-electron chi connectivity index (χ0n) is 14.4. The fourth-order valence-electron chi connectivity index (χ4n) is 2.83. The van der Waals surface area contributed by atoms with E-state index in [0.717, 1.165) is 32.3 Å². The van der Waals surface area contributed by atoms with E-state index in [1.807, 2.05) is 66.7 Å². The number of fused-ring (bicyclic) bond motifs is 2. The lowest BCUT2D eigenvalue weighted by Crippen LogP contribution is -1.89. The van der Waals surface area contributed by atoms with Crippen LogP contribution in [-0.4, -0.2) is 26.9 Å². The Labute approximate surface area is 158 Å². The van der Waals surface area contributed by atoms with Gasteiger partial charge in [0.05, 0.1) is 7.11 Å². The van der Waals surface area contributed by atoms with Crippen molar-refractivity contribution >= 4 is 39.4 Å². The molecular weight excluding hydrogens is 360 g/mol. The molecule has 0 N–H and O–H groups in total. The Bertz CT molecular complexity index is 1230. The predicted octanol–water partition coefficient (Wildman–Crippen LogP) is 4.78. The van der Waals surface area contributed by atoms with Crippen molar-refractivity contribution < 1.29 is 9.15 Å². The summed E-state index contributed by atoms with van der Waals surface area (Å²) >= 11 is 1.47. The van der Waals surface area contributed by atoms with Crippen LogP contribution in [0.25, 0.3) is 39.7 Å². The summed E-state index contributed by atoms with van der Waals surface area (Å²) in [5.74, 6) is 2.09. The summed E-state index contributed by atoms with van der Waals surface area (Å²) < 4.78 is 12.8. The predicted molar refractivity (Wildman–Crippen MR) is 106 cm³/mol. The first-order valence-corrected chi connectivity index (χ1v) is 9.15. The molecule has 3 heterocycles. The zero-order chi connectivity index (χ0) is 18.2. The number of hydrogen-bond donors (Lipinski definition) is 0. The zero-order valence-corrected chi connectivity index (χ0v) is 15.2. The van der Waals surface area contributed by atoms with Crippen molar-refractivity contribution in [2.45, 2.75) is 0 Å². The molecule has 0 spiro atoms. The molecular formula is C20H14N4O2S. The Kier molecular flexibility index (Phi) is 3.72. The molecule has 0 amide bonds. The minimum absolute atomic E-state index is 0.599. The van der Waals surface area contributed by atoms with Gasteiger partial charge < -0.3 is 9.15 Å². The minimum atomic E-state index is 0.599. The van der Waals surface area contributed by atoms with E-state index in [1.54, 1.807) is 11.6 Å². The van der Waals surface area contributed by atoms with E-state index in [9.17, 15) is 0 Å². The molecule has 0 radical (unpaired) electrons. The summed E-state index contributed by atoms with van der Waals surface area (Å²) in [6, 6.07) is 17.7. The normalized spacial score (nSPS) is 11.7. The van der Waals surface area contributed by atoms with Crippen LogP contribution in [0.1, 0.15) is 10.6 Å². The number of para-hydroxylation sites is 1. The van der Waals surface area contributed by atoms with Crippen molar-refractivity contribution in [1.82, 2.24) is 19.8 Å². The number of hydrogen-bond acceptors (Lipinski definition) is 6. The smallest absolute Gasteiger partial charge is 0.235 e. The van der Waals surface area contributed by atoms with Gasteiger partial charge in [0.25, 0.3) is 0 Å². The van der Waals surface area contributed by atoms with Gasteiger partial charge in [0.15, 0.2) is 5.76 Å². The van der Waals surface area contributed by atoms with E-state index in [1.165, 1.54) is 11.3 Å². The summed E-state index contributed by atoms with van der Waals surface area (Å²) in [6.07, 6.45) is 3.97. The highest BCUT2D eigenvalue weighted by atomic mass is 32.1. The second-order valence-corrected chi connectivity index (χ2v) is 6.90. The highest BCUT2D eigenvalue weighted by Gasteiger charge is 2.16. The van der Waals surface area contributed by atoms with Crippen LogP contribution >= 0.6 is 11.3 Å². The quantitative estimate of drug-likeness (QED) is 0.453. The van der Waals surface area contributed by atoms with Gasteiger partial charge >= 0.3 is 0 Å². The second-order valence-electron chi connectivity index (χ2n) is 5.91. The SMILES string of the molecule is COc1ccc(/C=C\c2nn3c(-c4cc5ccccc5o4)nnc3s2)cc1. The van der Waals surface area contributed by atoms with Crippen LogP contribution < -0.4 is 4.74 Å². The Morgan fingerprint density at radius 2 is 1.89 bits per heavy atom. The maximum atomic E-state index is 5.89. The molecule has 0 bridgehead atoms. The van der Waals surface area contributed by atoms with Gasteiger partial charge in [-0.05, 0) is 35.9 Å². The molecule has 5 rings (SSSR count). The third-order valence-electron chi connectivity index (χ3n) is 4.19. The summed E-state index contributed by atoms with van der Waals surface area (Å²) in [7, 11) is 1.66. The first-order chi connectivity index (χ1) is 13.3. The average Bonchev–Trinajstić information content (AvgIpc) is 3.40. The monoisotopic (exact) mass is 374 g/mol. The van der Waals surface area contributed by atoms with Gasteiger partial charge in [0, 0.05) is 5.39 Å². The Morgan fingerprint density at radius 1 is 1.04 bits per heavy atom. The summed E-state index contributed by atoms with van der Waals surface area (Å²) in [5.41, 5.74) is 1.89. The van der Waals surface area contributed by atoms with E-state index < -0.39 is 0 Å². The molecule has 132 valence electrons. The number of nitrogens with zero attached hydrogens (tertiary/aromatic N) is 4. The maximum absolute atomic E-state index is 5.89. The van der Waals surface area contributed by atoms with Crippen molar-refractivity contribution in [3.8, 4) is 17.3 Å². The van der Waals surface area contributed by atoms with Crippen LogP contribution in [0.2, 0.25) is 0 Å². The van der Waals surface area contributed by atoms with Gasteiger partial charge in [0.2, 0.25) is 10.8 Å². The van der Waals surface area contributed by atoms with E-state index in [4.69, 9.17) is 9.15 Å². The highest BCUT2D eigenvalue weighted by Crippen LogP contribution is 2.28. The molecule has 0 aliphatic rings. The number of methoxy groups -OCH3 is 1. The third-order valence-corrected chi connectivity index (χ3v) is 5.05. The number of furan rings is 1. The van der Waals surface area contributed by atoms with Crippen molar-refractivity contribution in [3.05, 3.63) is 65.2 Å². The fourth-order valence-corrected chi connectivity index (χ4v) is 3.57. The van der Waals surface area contributed by atoms with Gasteiger partial charge in [-0.25, -0.2) is 0 Å². The molecule has 5 aromatic rings. The summed E-state index contributed by atoms with van der Waals surface area (Å²) in [5, 5.41) is 14.9. The molecule has 0 saturated heterocycles. The van der Waals surface area contributed by atoms with E-state index >= 15 is 0 Å². The van der Waals surface area contributed by atoms with Crippen molar-refractivity contribution in [2.75, 3.05) is 7.11 Å². The van der Waals surface area contributed by atoms with Crippen LogP contribution in [0.15, 0.2) is 59.0 Å². The molecule has 0 unspecified atom stereocenters. The molecule has 0 aliphatic heterocycles. The Hall–Kier alpha value is -3.45. The van der Waals surface area contributed by atoms with Crippen molar-refractivity contribution in [2.24, 2.45) is 0 Å². The van der Waals surface area contributed by atoms with Crippen LogP contribution in [-0.2, 0) is 0 Å². The average molecular weight is 374 g/mol. The van der Waals surface area contributed by atoms with Gasteiger partial charge in [0.1, 0.15) is 16.3 Å². The molecule has 3 aromatic heterocycles. The second kappa shape index (κ2) is 6.37. The molecule has 0 atom stereocenters. The topological polar surface area (TPSA) is 65.5 Å². The largest absolute Gasteiger partial charge is 0.497 e. The van der Waals surface area contributed by atoms with Gasteiger partial charge in [-0.3, -0.25) is 0 Å². The molecule has 7 heteroatoms. The molecule has 2 aromatic carbocycles. The van der Waals surface area contributed by atoms with Gasteiger partial charge in [-0.2, -0.15) is 9.61 Å². The minimum Gasteiger partial charge on any atom is -0.497 e. The van der Waals surface area contributed by atoms with Crippen LogP contribution in [0, 0.1) is 0 Å². The third kappa shape index (κ3) is 2.88. The summed E-state index contributed by atoms with van der Waals surface area (Å²) in [4.78, 5) is 0.722. The lowest BCUT2D eigenvalue weighted by atomic mass is 10.2. The Balaban J connectivity index is 1.48. The number of ether oxygens (including phenoxy) is 1. The molecule has 0 aliphatic carbocycles. The first-order valence-electron chi connectivity index (χ1n) is 8.33. The number of rotatable bonds is 4. The Morgan fingerprint density at radius 3 is 2.70 bits per heavy atom. The first kappa shape index (κ1) is 15.8. The van der Waals surface area contributed by atoms with Gasteiger partial charge in [-0.15, -0.1) is 10.2 Å². The number of aromatic nitrogens is 4.